The molecular formula is C10H13N3. The van der Waals surface area contributed by atoms with Gasteiger partial charge in [0.05, 0.1) is 11.7 Å². The molecule has 0 bridgehead atoms. The minimum atomic E-state index is 0.622. The van der Waals surface area contributed by atoms with E-state index in [1.807, 2.05) is 23.1 Å². The third kappa shape index (κ3) is 1.54. The molecule has 2 aromatic heterocycles. The minimum Gasteiger partial charge on any atom is -0.264 e. The van der Waals surface area contributed by atoms with Gasteiger partial charge in [-0.3, -0.25) is 9.67 Å². The lowest BCUT2D eigenvalue weighted by Crippen LogP contribution is -2.05. The van der Waals surface area contributed by atoms with Crippen LogP contribution in [0.25, 0.3) is 10.9 Å². The van der Waals surface area contributed by atoms with Crippen molar-refractivity contribution in [2.45, 2.75) is 20.4 Å². The van der Waals surface area contributed by atoms with Gasteiger partial charge in [0, 0.05) is 24.3 Å². The second-order valence-electron chi connectivity index (χ2n) is 3.66. The third-order valence-corrected chi connectivity index (χ3v) is 1.98. The van der Waals surface area contributed by atoms with Crippen molar-refractivity contribution < 1.29 is 0 Å². The Morgan fingerprint density at radius 2 is 2.23 bits per heavy atom. The van der Waals surface area contributed by atoms with E-state index in [1.54, 1.807) is 6.20 Å². The maximum atomic E-state index is 4.31. The highest BCUT2D eigenvalue weighted by Gasteiger charge is 2.02. The first kappa shape index (κ1) is 8.23. The highest BCUT2D eigenvalue weighted by Crippen LogP contribution is 2.12. The van der Waals surface area contributed by atoms with Crippen molar-refractivity contribution in [3.8, 4) is 0 Å². The predicted octanol–water partition coefficient (Wildman–Crippen LogP) is 2.09. The lowest BCUT2D eigenvalue weighted by atomic mass is 10.2. The summed E-state index contributed by atoms with van der Waals surface area (Å²) in [6, 6.07) is 2.00. The molecule has 0 amide bonds. The molecule has 0 aliphatic heterocycles. The lowest BCUT2D eigenvalue weighted by Gasteiger charge is -2.05. The summed E-state index contributed by atoms with van der Waals surface area (Å²) < 4.78 is 2.03. The van der Waals surface area contributed by atoms with E-state index in [0.717, 1.165) is 11.9 Å². The zero-order valence-corrected chi connectivity index (χ0v) is 7.94. The summed E-state index contributed by atoms with van der Waals surface area (Å²) in [7, 11) is 0. The standard InChI is InChI=1S/C10H13N3/c1-8(2)7-13-10-3-4-11-5-9(10)6-12-13/h3-6,8H,7H2,1-2H3. The number of rotatable bonds is 2. The van der Waals surface area contributed by atoms with E-state index in [2.05, 4.69) is 23.9 Å². The summed E-state index contributed by atoms with van der Waals surface area (Å²) in [5.74, 6) is 0.622. The monoisotopic (exact) mass is 175 g/mol. The molecule has 0 saturated carbocycles. The fourth-order valence-electron chi connectivity index (χ4n) is 1.42. The highest BCUT2D eigenvalue weighted by atomic mass is 15.3. The zero-order chi connectivity index (χ0) is 9.26. The molecule has 0 aromatic carbocycles. The largest absolute Gasteiger partial charge is 0.264 e. The number of pyridine rings is 1. The quantitative estimate of drug-likeness (QED) is 0.699. The number of hydrogen-bond donors (Lipinski definition) is 0. The molecule has 0 N–H and O–H groups in total. The van der Waals surface area contributed by atoms with Gasteiger partial charge in [-0.05, 0) is 12.0 Å². The van der Waals surface area contributed by atoms with Crippen molar-refractivity contribution in [3.63, 3.8) is 0 Å². The van der Waals surface area contributed by atoms with Crippen molar-refractivity contribution in [3.05, 3.63) is 24.7 Å². The maximum absolute atomic E-state index is 4.31. The molecule has 0 atom stereocenters. The molecule has 0 aliphatic carbocycles. The summed E-state index contributed by atoms with van der Waals surface area (Å²) in [5.41, 5.74) is 1.17. The topological polar surface area (TPSA) is 30.7 Å². The number of hydrogen-bond acceptors (Lipinski definition) is 2. The number of nitrogens with zero attached hydrogens (tertiary/aromatic N) is 3. The summed E-state index contributed by atoms with van der Waals surface area (Å²) >= 11 is 0. The molecular weight excluding hydrogens is 162 g/mol. The Morgan fingerprint density at radius 1 is 1.38 bits per heavy atom. The Hall–Kier alpha value is -1.38. The Morgan fingerprint density at radius 3 is 3.00 bits per heavy atom. The SMILES string of the molecule is CC(C)Cn1ncc2cnccc21. The van der Waals surface area contributed by atoms with Gasteiger partial charge >= 0.3 is 0 Å². The molecule has 0 spiro atoms. The summed E-state index contributed by atoms with van der Waals surface area (Å²) in [4.78, 5) is 4.05. The van der Waals surface area contributed by atoms with Crippen LogP contribution in [0.15, 0.2) is 24.7 Å². The van der Waals surface area contributed by atoms with Crippen LogP contribution in [0.5, 0.6) is 0 Å². The summed E-state index contributed by atoms with van der Waals surface area (Å²) in [6.07, 6.45) is 5.52. The van der Waals surface area contributed by atoms with E-state index < -0.39 is 0 Å². The van der Waals surface area contributed by atoms with Gasteiger partial charge in [0.2, 0.25) is 0 Å². The molecule has 2 aromatic rings. The fraction of sp³-hybridized carbons (Fsp3) is 0.400. The number of aromatic nitrogens is 3. The molecule has 13 heavy (non-hydrogen) atoms. The van der Waals surface area contributed by atoms with Crippen molar-refractivity contribution in [1.29, 1.82) is 0 Å². The van der Waals surface area contributed by atoms with Crippen molar-refractivity contribution in [1.82, 2.24) is 14.8 Å². The van der Waals surface area contributed by atoms with Crippen LogP contribution >= 0.6 is 0 Å². The van der Waals surface area contributed by atoms with Crippen LogP contribution in [0.1, 0.15) is 13.8 Å². The van der Waals surface area contributed by atoms with Crippen LogP contribution in [0.2, 0.25) is 0 Å². The molecule has 0 radical (unpaired) electrons. The van der Waals surface area contributed by atoms with Crippen LogP contribution in [0, 0.1) is 5.92 Å². The van der Waals surface area contributed by atoms with Gasteiger partial charge in [0.1, 0.15) is 0 Å². The summed E-state index contributed by atoms with van der Waals surface area (Å²) in [6.45, 7) is 5.34. The van der Waals surface area contributed by atoms with Crippen LogP contribution < -0.4 is 0 Å². The Balaban J connectivity index is 2.46. The molecule has 0 saturated heterocycles. The molecule has 0 aliphatic rings. The molecule has 3 nitrogen and oxygen atoms in total. The normalized spacial score (nSPS) is 11.3. The molecule has 3 heteroatoms. The first-order valence-corrected chi connectivity index (χ1v) is 4.53. The summed E-state index contributed by atoms with van der Waals surface area (Å²) in [5, 5.41) is 5.43. The minimum absolute atomic E-state index is 0.622. The van der Waals surface area contributed by atoms with Gasteiger partial charge in [-0.2, -0.15) is 5.10 Å². The van der Waals surface area contributed by atoms with E-state index in [4.69, 9.17) is 0 Å². The zero-order valence-electron chi connectivity index (χ0n) is 7.94. The molecule has 0 unspecified atom stereocenters. The Bertz CT molecular complexity index is 403. The average molecular weight is 175 g/mol. The third-order valence-electron chi connectivity index (χ3n) is 1.98. The average Bonchev–Trinajstić information content (AvgIpc) is 2.48. The lowest BCUT2D eigenvalue weighted by molar-refractivity contribution is 0.495. The van der Waals surface area contributed by atoms with E-state index in [0.29, 0.717) is 5.92 Å². The van der Waals surface area contributed by atoms with Crippen molar-refractivity contribution in [2.75, 3.05) is 0 Å². The van der Waals surface area contributed by atoms with Crippen LogP contribution in [-0.4, -0.2) is 14.8 Å². The molecule has 68 valence electrons. The predicted molar refractivity (Wildman–Crippen MR) is 52.4 cm³/mol. The molecule has 2 rings (SSSR count). The first-order valence-electron chi connectivity index (χ1n) is 4.53. The van der Waals surface area contributed by atoms with Crippen molar-refractivity contribution in [2.24, 2.45) is 5.92 Å². The Labute approximate surface area is 77.4 Å². The smallest absolute Gasteiger partial charge is 0.0713 e. The Kier molecular flexibility index (Phi) is 2.00. The van der Waals surface area contributed by atoms with Crippen LogP contribution in [0.4, 0.5) is 0 Å². The van der Waals surface area contributed by atoms with Gasteiger partial charge in [0.15, 0.2) is 0 Å². The van der Waals surface area contributed by atoms with Gasteiger partial charge in [-0.25, -0.2) is 0 Å². The molecule has 0 fully saturated rings. The van der Waals surface area contributed by atoms with Gasteiger partial charge in [0.25, 0.3) is 0 Å². The second kappa shape index (κ2) is 3.17. The second-order valence-corrected chi connectivity index (χ2v) is 3.66. The van der Waals surface area contributed by atoms with Gasteiger partial charge < -0.3 is 0 Å². The van der Waals surface area contributed by atoms with E-state index in [1.165, 1.54) is 5.52 Å². The van der Waals surface area contributed by atoms with Gasteiger partial charge in [-0.1, -0.05) is 13.8 Å². The van der Waals surface area contributed by atoms with Crippen molar-refractivity contribution >= 4 is 10.9 Å². The van der Waals surface area contributed by atoms with E-state index >= 15 is 0 Å². The maximum Gasteiger partial charge on any atom is 0.0713 e. The first-order chi connectivity index (χ1) is 6.27. The van der Waals surface area contributed by atoms with Crippen LogP contribution in [-0.2, 0) is 6.54 Å². The van der Waals surface area contributed by atoms with Crippen LogP contribution in [0.3, 0.4) is 0 Å². The molecule has 2 heterocycles. The van der Waals surface area contributed by atoms with E-state index in [-0.39, 0.29) is 0 Å². The van der Waals surface area contributed by atoms with Gasteiger partial charge in [-0.15, -0.1) is 0 Å². The number of fused-ring (bicyclic) bond motifs is 1. The highest BCUT2D eigenvalue weighted by molar-refractivity contribution is 5.77. The fourth-order valence-corrected chi connectivity index (χ4v) is 1.42. The van der Waals surface area contributed by atoms with E-state index in [9.17, 15) is 0 Å².